The molecule has 0 saturated carbocycles. The van der Waals surface area contributed by atoms with Gasteiger partial charge in [0.1, 0.15) is 0 Å². The van der Waals surface area contributed by atoms with Gasteiger partial charge in [-0.15, -0.1) is 0 Å². The van der Waals surface area contributed by atoms with Crippen LogP contribution in [0, 0.1) is 0 Å². The number of anilines is 1. The lowest BCUT2D eigenvalue weighted by Gasteiger charge is -2.24. The minimum absolute atomic E-state index is 0.0372. The maximum absolute atomic E-state index is 12.0. The molecule has 0 bridgehead atoms. The summed E-state index contributed by atoms with van der Waals surface area (Å²) in [5.74, 6) is -0.211. The molecular weight excluding hydrogens is 230 g/mol. The largest absolute Gasteiger partial charge is 0.346 e. The van der Waals surface area contributed by atoms with E-state index in [-0.39, 0.29) is 11.8 Å². The van der Waals surface area contributed by atoms with Crippen LogP contribution in [0.1, 0.15) is 29.8 Å². The Morgan fingerprint density at radius 2 is 2.22 bits per heavy atom. The van der Waals surface area contributed by atoms with Gasteiger partial charge in [0.2, 0.25) is 5.91 Å². The third kappa shape index (κ3) is 2.51. The van der Waals surface area contributed by atoms with Gasteiger partial charge in [0.25, 0.3) is 5.91 Å². The molecule has 5 heteroatoms. The van der Waals surface area contributed by atoms with Crippen LogP contribution >= 0.6 is 0 Å². The maximum Gasteiger partial charge on any atom is 0.251 e. The number of nitrogens with two attached hydrogens (primary N) is 1. The highest BCUT2D eigenvalue weighted by Gasteiger charge is 2.22. The van der Waals surface area contributed by atoms with Crippen molar-refractivity contribution < 1.29 is 9.59 Å². The summed E-state index contributed by atoms with van der Waals surface area (Å²) in [6.07, 6.45) is 0.330. The summed E-state index contributed by atoms with van der Waals surface area (Å²) in [4.78, 5) is 23.3. The van der Waals surface area contributed by atoms with Crippen molar-refractivity contribution in [3.8, 4) is 0 Å². The highest BCUT2D eigenvalue weighted by molar-refractivity contribution is 6.01. The van der Waals surface area contributed by atoms with Crippen molar-refractivity contribution in [2.24, 2.45) is 5.73 Å². The molecule has 0 saturated heterocycles. The van der Waals surface area contributed by atoms with E-state index >= 15 is 0 Å². The Bertz CT molecular complexity index is 509. The van der Waals surface area contributed by atoms with Crippen molar-refractivity contribution in [1.29, 1.82) is 0 Å². The molecule has 0 radical (unpaired) electrons. The summed E-state index contributed by atoms with van der Waals surface area (Å²) < 4.78 is 0. The van der Waals surface area contributed by atoms with Gasteiger partial charge < -0.3 is 16.4 Å². The van der Waals surface area contributed by atoms with Crippen molar-refractivity contribution in [3.05, 3.63) is 29.3 Å². The van der Waals surface area contributed by atoms with Gasteiger partial charge in [0.05, 0.1) is 6.42 Å². The zero-order valence-electron chi connectivity index (χ0n) is 10.5. The van der Waals surface area contributed by atoms with E-state index in [1.54, 1.807) is 18.2 Å². The van der Waals surface area contributed by atoms with Crippen LogP contribution in [0.15, 0.2) is 18.2 Å². The lowest BCUT2D eigenvalue weighted by atomic mass is 10.0. The SMILES string of the molecule is CC(C)(CN)NC(=O)c1ccc2c(c1)CC(=O)N2. The van der Waals surface area contributed by atoms with Crippen LogP contribution in [-0.4, -0.2) is 23.9 Å². The second kappa shape index (κ2) is 4.42. The van der Waals surface area contributed by atoms with E-state index in [9.17, 15) is 9.59 Å². The van der Waals surface area contributed by atoms with Crippen LogP contribution < -0.4 is 16.4 Å². The van der Waals surface area contributed by atoms with Crippen LogP contribution in [0.5, 0.6) is 0 Å². The van der Waals surface area contributed by atoms with Crippen molar-refractivity contribution in [2.75, 3.05) is 11.9 Å². The predicted octanol–water partition coefficient (Wildman–Crippen LogP) is 0.648. The lowest BCUT2D eigenvalue weighted by Crippen LogP contribution is -2.48. The molecule has 0 aromatic heterocycles. The molecule has 2 rings (SSSR count). The third-order valence-electron chi connectivity index (χ3n) is 2.95. The first-order valence-corrected chi connectivity index (χ1v) is 5.87. The van der Waals surface area contributed by atoms with Crippen LogP contribution in [0.2, 0.25) is 0 Å². The van der Waals surface area contributed by atoms with Gasteiger partial charge in [0, 0.05) is 23.3 Å². The summed E-state index contributed by atoms with van der Waals surface area (Å²) in [5.41, 5.74) is 7.33. The zero-order valence-corrected chi connectivity index (χ0v) is 10.5. The summed E-state index contributed by atoms with van der Waals surface area (Å²) in [6.45, 7) is 4.09. The topological polar surface area (TPSA) is 84.2 Å². The van der Waals surface area contributed by atoms with Crippen LogP contribution in [0.25, 0.3) is 0 Å². The molecule has 4 N–H and O–H groups in total. The molecule has 1 aliphatic rings. The number of hydrogen-bond donors (Lipinski definition) is 3. The number of amides is 2. The number of fused-ring (bicyclic) bond motifs is 1. The Morgan fingerprint density at radius 3 is 2.89 bits per heavy atom. The molecule has 0 aliphatic carbocycles. The zero-order chi connectivity index (χ0) is 13.3. The fourth-order valence-corrected chi connectivity index (χ4v) is 1.80. The van der Waals surface area contributed by atoms with Crippen molar-refractivity contribution in [3.63, 3.8) is 0 Å². The molecule has 1 aromatic rings. The highest BCUT2D eigenvalue weighted by atomic mass is 16.2. The Hall–Kier alpha value is -1.88. The molecule has 0 atom stereocenters. The summed E-state index contributed by atoms with van der Waals surface area (Å²) in [6, 6.07) is 5.20. The van der Waals surface area contributed by atoms with Crippen LogP contribution in [-0.2, 0) is 11.2 Å². The number of nitrogens with one attached hydrogen (secondary N) is 2. The quantitative estimate of drug-likeness (QED) is 0.733. The molecule has 0 spiro atoms. The van der Waals surface area contributed by atoms with Gasteiger partial charge in [-0.25, -0.2) is 0 Å². The van der Waals surface area contributed by atoms with E-state index in [2.05, 4.69) is 10.6 Å². The number of carbonyl (C=O) groups is 2. The standard InChI is InChI=1S/C13H17N3O2/c1-13(2,7-14)16-12(18)8-3-4-10-9(5-8)6-11(17)15-10/h3-5H,6-7,14H2,1-2H3,(H,15,17)(H,16,18). The lowest BCUT2D eigenvalue weighted by molar-refractivity contribution is -0.115. The van der Waals surface area contributed by atoms with E-state index in [1.807, 2.05) is 13.8 Å². The first-order valence-electron chi connectivity index (χ1n) is 5.87. The summed E-state index contributed by atoms with van der Waals surface area (Å²) in [5, 5.41) is 5.59. The van der Waals surface area contributed by atoms with Gasteiger partial charge in [-0.05, 0) is 37.6 Å². The van der Waals surface area contributed by atoms with Crippen LogP contribution in [0.3, 0.4) is 0 Å². The van der Waals surface area contributed by atoms with Crippen molar-refractivity contribution in [2.45, 2.75) is 25.8 Å². The highest BCUT2D eigenvalue weighted by Crippen LogP contribution is 2.23. The number of carbonyl (C=O) groups excluding carboxylic acids is 2. The van der Waals surface area contributed by atoms with E-state index in [0.717, 1.165) is 11.3 Å². The molecule has 0 fully saturated rings. The van der Waals surface area contributed by atoms with Gasteiger partial charge in [-0.2, -0.15) is 0 Å². The number of benzene rings is 1. The molecule has 1 aliphatic heterocycles. The minimum atomic E-state index is -0.440. The molecule has 1 heterocycles. The summed E-state index contributed by atoms with van der Waals surface area (Å²) in [7, 11) is 0. The Kier molecular flexibility index (Phi) is 3.09. The molecule has 1 aromatic carbocycles. The molecule has 5 nitrogen and oxygen atoms in total. The molecule has 2 amide bonds. The summed E-state index contributed by atoms with van der Waals surface area (Å²) >= 11 is 0. The Labute approximate surface area is 106 Å². The Morgan fingerprint density at radius 1 is 1.50 bits per heavy atom. The molecule has 0 unspecified atom stereocenters. The average Bonchev–Trinajstić information content (AvgIpc) is 2.67. The van der Waals surface area contributed by atoms with Crippen LogP contribution in [0.4, 0.5) is 5.69 Å². The smallest absolute Gasteiger partial charge is 0.251 e. The maximum atomic E-state index is 12.0. The number of rotatable bonds is 3. The van der Waals surface area contributed by atoms with Gasteiger partial charge in [-0.1, -0.05) is 0 Å². The van der Waals surface area contributed by atoms with E-state index in [4.69, 9.17) is 5.73 Å². The number of hydrogen-bond acceptors (Lipinski definition) is 3. The van der Waals surface area contributed by atoms with Gasteiger partial charge >= 0.3 is 0 Å². The fourth-order valence-electron chi connectivity index (χ4n) is 1.80. The molecule has 18 heavy (non-hydrogen) atoms. The first kappa shape index (κ1) is 12.6. The van der Waals surface area contributed by atoms with Crippen molar-refractivity contribution >= 4 is 17.5 Å². The second-order valence-corrected chi connectivity index (χ2v) is 5.14. The molecular formula is C13H17N3O2. The predicted molar refractivity (Wildman–Crippen MR) is 69.4 cm³/mol. The monoisotopic (exact) mass is 247 g/mol. The third-order valence-corrected chi connectivity index (χ3v) is 2.95. The average molecular weight is 247 g/mol. The molecule has 96 valence electrons. The van der Waals surface area contributed by atoms with Gasteiger partial charge in [0.15, 0.2) is 0 Å². The van der Waals surface area contributed by atoms with Gasteiger partial charge in [-0.3, -0.25) is 9.59 Å². The Balaban J connectivity index is 2.18. The fraction of sp³-hybridized carbons (Fsp3) is 0.385. The minimum Gasteiger partial charge on any atom is -0.346 e. The van der Waals surface area contributed by atoms with E-state index in [1.165, 1.54) is 0 Å². The first-order chi connectivity index (χ1) is 8.41. The van der Waals surface area contributed by atoms with E-state index < -0.39 is 5.54 Å². The van der Waals surface area contributed by atoms with E-state index in [0.29, 0.717) is 18.5 Å². The van der Waals surface area contributed by atoms with Crippen molar-refractivity contribution in [1.82, 2.24) is 5.32 Å². The second-order valence-electron chi connectivity index (χ2n) is 5.14. The normalized spacial score (nSPS) is 14.1.